The van der Waals surface area contributed by atoms with E-state index >= 15 is 0 Å². The zero-order valence-corrected chi connectivity index (χ0v) is 16.7. The van der Waals surface area contributed by atoms with Crippen LogP contribution in [0.3, 0.4) is 0 Å². The zero-order valence-electron chi connectivity index (χ0n) is 15.1. The second-order valence-corrected chi connectivity index (χ2v) is 7.54. The van der Waals surface area contributed by atoms with Crippen LogP contribution in [0.15, 0.2) is 30.3 Å². The highest BCUT2D eigenvalue weighted by Gasteiger charge is 2.15. The van der Waals surface area contributed by atoms with Gasteiger partial charge in [0.2, 0.25) is 5.91 Å². The third-order valence-corrected chi connectivity index (χ3v) is 5.61. The molecule has 1 heterocycles. The van der Waals surface area contributed by atoms with Crippen LogP contribution in [0.5, 0.6) is 5.75 Å². The van der Waals surface area contributed by atoms with Crippen molar-refractivity contribution >= 4 is 49.9 Å². The van der Waals surface area contributed by atoms with Crippen LogP contribution in [0, 0.1) is 13.8 Å². The van der Waals surface area contributed by atoms with Crippen LogP contribution in [0.2, 0.25) is 5.02 Å². The molecule has 3 rings (SSSR count). The Balaban J connectivity index is 1.77. The van der Waals surface area contributed by atoms with Gasteiger partial charge in [-0.2, -0.15) is 0 Å². The van der Waals surface area contributed by atoms with Gasteiger partial charge in [0.25, 0.3) is 0 Å². The summed E-state index contributed by atoms with van der Waals surface area (Å²) in [5.41, 5.74) is 3.87. The molecule has 0 aliphatic rings. The fourth-order valence-electron chi connectivity index (χ4n) is 2.66. The lowest BCUT2D eigenvalue weighted by atomic mass is 10.1. The quantitative estimate of drug-likeness (QED) is 0.690. The summed E-state index contributed by atoms with van der Waals surface area (Å²) in [4.78, 5) is 19.0. The van der Waals surface area contributed by atoms with E-state index in [0.717, 1.165) is 20.9 Å². The predicted molar refractivity (Wildman–Crippen MR) is 109 cm³/mol. The number of fused-ring (bicyclic) bond motifs is 1. The van der Waals surface area contributed by atoms with Crippen LogP contribution >= 0.6 is 22.9 Å². The Morgan fingerprint density at radius 2 is 2.00 bits per heavy atom. The van der Waals surface area contributed by atoms with Crippen molar-refractivity contribution in [2.24, 2.45) is 0 Å². The Labute approximate surface area is 161 Å². The summed E-state index contributed by atoms with van der Waals surface area (Å²) in [6.07, 6.45) is 0. The Kier molecular flexibility index (Phi) is 5.34. The molecule has 3 aromatic rings. The van der Waals surface area contributed by atoms with Gasteiger partial charge in [-0.15, -0.1) is 0 Å². The molecule has 0 radical (unpaired) electrons. The number of anilines is 2. The SMILES string of the molecule is COc1ccc(Cl)cc1NC(=O)CN(C)c1nc2c(C)ccc(C)c2s1. The fourth-order valence-corrected chi connectivity index (χ4v) is 3.91. The molecule has 2 aromatic carbocycles. The van der Waals surface area contributed by atoms with Crippen molar-refractivity contribution < 1.29 is 9.53 Å². The number of aromatic nitrogens is 1. The number of likely N-dealkylation sites (N-methyl/N-ethyl adjacent to an activating group) is 1. The third kappa shape index (κ3) is 3.76. The molecule has 0 bridgehead atoms. The highest BCUT2D eigenvalue weighted by atomic mass is 35.5. The lowest BCUT2D eigenvalue weighted by Crippen LogP contribution is -2.30. The minimum absolute atomic E-state index is 0.166. The number of halogens is 1. The fraction of sp³-hybridized carbons (Fsp3) is 0.263. The molecule has 5 nitrogen and oxygen atoms in total. The van der Waals surface area contributed by atoms with Gasteiger partial charge >= 0.3 is 0 Å². The molecule has 7 heteroatoms. The van der Waals surface area contributed by atoms with E-state index in [4.69, 9.17) is 21.3 Å². The van der Waals surface area contributed by atoms with Gasteiger partial charge in [0.1, 0.15) is 5.75 Å². The molecule has 0 spiro atoms. The lowest BCUT2D eigenvalue weighted by Gasteiger charge is -2.16. The number of carbonyl (C=O) groups excluding carboxylic acids is 1. The van der Waals surface area contributed by atoms with E-state index in [-0.39, 0.29) is 12.5 Å². The van der Waals surface area contributed by atoms with Crippen LogP contribution < -0.4 is 15.0 Å². The number of hydrogen-bond donors (Lipinski definition) is 1. The monoisotopic (exact) mass is 389 g/mol. The molecular weight excluding hydrogens is 370 g/mol. The number of aryl methyl sites for hydroxylation is 2. The number of benzene rings is 2. The van der Waals surface area contributed by atoms with Gasteiger partial charge in [-0.25, -0.2) is 4.98 Å². The number of thiazole rings is 1. The lowest BCUT2D eigenvalue weighted by molar-refractivity contribution is -0.114. The van der Waals surface area contributed by atoms with E-state index in [9.17, 15) is 4.79 Å². The number of carbonyl (C=O) groups is 1. The van der Waals surface area contributed by atoms with Gasteiger partial charge in [0.05, 0.1) is 29.6 Å². The summed E-state index contributed by atoms with van der Waals surface area (Å²) in [6.45, 7) is 4.29. The Bertz CT molecular complexity index is 932. The molecule has 0 aliphatic carbocycles. The van der Waals surface area contributed by atoms with Gasteiger partial charge in [0, 0.05) is 12.1 Å². The summed E-state index contributed by atoms with van der Waals surface area (Å²) in [7, 11) is 3.41. The molecule has 0 aliphatic heterocycles. The van der Waals surface area contributed by atoms with Crippen LogP contribution in [0.1, 0.15) is 11.1 Å². The molecule has 1 aromatic heterocycles. The van der Waals surface area contributed by atoms with E-state index in [2.05, 4.69) is 24.4 Å². The molecule has 0 saturated carbocycles. The van der Waals surface area contributed by atoms with Gasteiger partial charge in [-0.3, -0.25) is 4.79 Å². The molecule has 1 N–H and O–H groups in total. The van der Waals surface area contributed by atoms with E-state index in [1.807, 2.05) is 18.9 Å². The molecule has 0 saturated heterocycles. The van der Waals surface area contributed by atoms with Gasteiger partial charge in [-0.05, 0) is 43.2 Å². The van der Waals surface area contributed by atoms with Crippen LogP contribution in [-0.4, -0.2) is 31.6 Å². The molecule has 0 atom stereocenters. The largest absolute Gasteiger partial charge is 0.495 e. The zero-order chi connectivity index (χ0) is 18.8. The maximum atomic E-state index is 12.5. The van der Waals surface area contributed by atoms with Crippen molar-refractivity contribution in [3.05, 3.63) is 46.5 Å². The highest BCUT2D eigenvalue weighted by molar-refractivity contribution is 7.22. The first-order valence-electron chi connectivity index (χ1n) is 8.10. The van der Waals surface area contributed by atoms with Crippen molar-refractivity contribution in [3.63, 3.8) is 0 Å². The second kappa shape index (κ2) is 7.51. The van der Waals surface area contributed by atoms with Crippen LogP contribution in [0.25, 0.3) is 10.2 Å². The molecule has 1 amide bonds. The van der Waals surface area contributed by atoms with Crippen molar-refractivity contribution in [1.82, 2.24) is 4.98 Å². The Hall–Kier alpha value is -2.31. The number of hydrogen-bond acceptors (Lipinski definition) is 5. The van der Waals surface area contributed by atoms with E-state index in [0.29, 0.717) is 16.5 Å². The first-order valence-corrected chi connectivity index (χ1v) is 9.29. The maximum absolute atomic E-state index is 12.5. The molecular formula is C19H20ClN3O2S. The molecule has 136 valence electrons. The Morgan fingerprint density at radius 3 is 2.69 bits per heavy atom. The van der Waals surface area contributed by atoms with Crippen molar-refractivity contribution in [3.8, 4) is 5.75 Å². The van der Waals surface area contributed by atoms with Gasteiger partial charge in [0.15, 0.2) is 5.13 Å². The highest BCUT2D eigenvalue weighted by Crippen LogP contribution is 2.32. The minimum atomic E-state index is -0.166. The number of methoxy groups -OCH3 is 1. The first-order chi connectivity index (χ1) is 12.4. The van der Waals surface area contributed by atoms with Crippen molar-refractivity contribution in [2.45, 2.75) is 13.8 Å². The topological polar surface area (TPSA) is 54.5 Å². The predicted octanol–water partition coefficient (Wildman–Crippen LogP) is 4.65. The van der Waals surface area contributed by atoms with E-state index in [1.165, 1.54) is 5.56 Å². The van der Waals surface area contributed by atoms with E-state index < -0.39 is 0 Å². The number of amides is 1. The average Bonchev–Trinajstić information content (AvgIpc) is 3.05. The van der Waals surface area contributed by atoms with Gasteiger partial charge in [-0.1, -0.05) is 35.1 Å². The summed E-state index contributed by atoms with van der Waals surface area (Å²) in [5, 5.41) is 4.19. The van der Waals surface area contributed by atoms with Crippen molar-refractivity contribution in [2.75, 3.05) is 30.9 Å². The third-order valence-electron chi connectivity index (χ3n) is 4.07. The maximum Gasteiger partial charge on any atom is 0.244 e. The summed E-state index contributed by atoms with van der Waals surface area (Å²) < 4.78 is 6.42. The second-order valence-electron chi connectivity index (χ2n) is 6.12. The number of nitrogens with zero attached hydrogens (tertiary/aromatic N) is 2. The number of rotatable bonds is 5. The van der Waals surface area contributed by atoms with Crippen LogP contribution in [-0.2, 0) is 4.79 Å². The first kappa shape index (κ1) is 18.5. The number of ether oxygens (including phenoxy) is 1. The normalized spacial score (nSPS) is 10.8. The summed E-state index contributed by atoms with van der Waals surface area (Å²) in [6, 6.07) is 9.27. The van der Waals surface area contributed by atoms with Crippen LogP contribution in [0.4, 0.5) is 10.8 Å². The standard InChI is InChI=1S/C19H20ClN3O2S/c1-11-5-6-12(2)18-17(11)22-19(26-18)23(3)10-16(24)21-14-9-13(20)7-8-15(14)25-4/h5-9H,10H2,1-4H3,(H,21,24). The average molecular weight is 390 g/mol. The molecule has 26 heavy (non-hydrogen) atoms. The Morgan fingerprint density at radius 1 is 1.27 bits per heavy atom. The molecule has 0 unspecified atom stereocenters. The van der Waals surface area contributed by atoms with E-state index in [1.54, 1.807) is 36.6 Å². The molecule has 0 fully saturated rings. The van der Waals surface area contributed by atoms with Crippen molar-refractivity contribution in [1.29, 1.82) is 0 Å². The summed E-state index contributed by atoms with van der Waals surface area (Å²) in [5.74, 6) is 0.400. The number of nitrogens with one attached hydrogen (secondary N) is 1. The summed E-state index contributed by atoms with van der Waals surface area (Å²) >= 11 is 7.60. The van der Waals surface area contributed by atoms with Gasteiger partial charge < -0.3 is 15.0 Å². The smallest absolute Gasteiger partial charge is 0.244 e. The minimum Gasteiger partial charge on any atom is -0.495 e.